The monoisotopic (exact) mass is 392 g/mol. The van der Waals surface area contributed by atoms with Crippen LogP contribution in [0, 0.1) is 0 Å². The van der Waals surface area contributed by atoms with Gasteiger partial charge in [0.25, 0.3) is 11.8 Å². The molecule has 7 heteroatoms. The molecule has 4 rings (SSSR count). The highest BCUT2D eigenvalue weighted by Crippen LogP contribution is 2.30. The zero-order chi connectivity index (χ0) is 19.7. The van der Waals surface area contributed by atoms with Crippen LogP contribution in [0.1, 0.15) is 37.5 Å². The maximum atomic E-state index is 12.8. The maximum absolute atomic E-state index is 12.8. The molecule has 2 aromatic carbocycles. The van der Waals surface area contributed by atoms with E-state index in [1.54, 1.807) is 12.1 Å². The summed E-state index contributed by atoms with van der Waals surface area (Å²) in [6.07, 6.45) is 3.51. The molecule has 0 unspecified atom stereocenters. The molecule has 0 spiro atoms. The van der Waals surface area contributed by atoms with Crippen LogP contribution in [0.2, 0.25) is 0 Å². The first-order chi connectivity index (χ1) is 13.6. The van der Waals surface area contributed by atoms with E-state index in [0.29, 0.717) is 33.6 Å². The third-order valence-electron chi connectivity index (χ3n) is 4.65. The van der Waals surface area contributed by atoms with Gasteiger partial charge in [0.1, 0.15) is 0 Å². The van der Waals surface area contributed by atoms with E-state index in [1.165, 1.54) is 35.1 Å². The van der Waals surface area contributed by atoms with Crippen LogP contribution in [0.25, 0.3) is 10.8 Å². The van der Waals surface area contributed by atoms with Crippen LogP contribution >= 0.6 is 11.8 Å². The lowest BCUT2D eigenvalue weighted by Crippen LogP contribution is -2.41. The Labute approximate surface area is 165 Å². The van der Waals surface area contributed by atoms with Gasteiger partial charge in [0.15, 0.2) is 0 Å². The summed E-state index contributed by atoms with van der Waals surface area (Å²) < 4.78 is 0. The van der Waals surface area contributed by atoms with Crippen molar-refractivity contribution in [2.24, 2.45) is 0 Å². The van der Waals surface area contributed by atoms with E-state index in [2.05, 4.69) is 4.98 Å². The molecule has 140 valence electrons. The van der Waals surface area contributed by atoms with Crippen LogP contribution in [0.3, 0.4) is 0 Å². The van der Waals surface area contributed by atoms with Crippen molar-refractivity contribution >= 4 is 40.3 Å². The van der Waals surface area contributed by atoms with Gasteiger partial charge in [0.2, 0.25) is 0 Å². The molecule has 6 nitrogen and oxygen atoms in total. The van der Waals surface area contributed by atoms with Crippen molar-refractivity contribution in [1.29, 1.82) is 0 Å². The van der Waals surface area contributed by atoms with Crippen LogP contribution in [0.4, 0.5) is 0 Å². The van der Waals surface area contributed by atoms with Crippen molar-refractivity contribution in [3.63, 3.8) is 0 Å². The molecular formula is C21H16N2O4S. The van der Waals surface area contributed by atoms with E-state index in [4.69, 9.17) is 0 Å². The second kappa shape index (κ2) is 7.44. The quantitative estimate of drug-likeness (QED) is 0.391. The number of carboxylic acids is 1. The first-order valence-electron chi connectivity index (χ1n) is 8.76. The third kappa shape index (κ3) is 3.14. The Balaban J connectivity index is 1.47. The Hall–Kier alpha value is -3.19. The number of aromatic carboxylic acids is 1. The van der Waals surface area contributed by atoms with Crippen molar-refractivity contribution in [2.75, 3.05) is 12.3 Å². The summed E-state index contributed by atoms with van der Waals surface area (Å²) >= 11 is 1.35. The number of thioether (sulfide) groups is 1. The van der Waals surface area contributed by atoms with Gasteiger partial charge in [0, 0.05) is 40.3 Å². The molecule has 0 atom stereocenters. The molecule has 0 saturated carbocycles. The molecule has 0 saturated heterocycles. The number of hydrogen-bond acceptors (Lipinski definition) is 5. The number of benzene rings is 2. The van der Waals surface area contributed by atoms with E-state index in [-0.39, 0.29) is 23.9 Å². The number of amides is 2. The van der Waals surface area contributed by atoms with Gasteiger partial charge >= 0.3 is 5.97 Å². The van der Waals surface area contributed by atoms with E-state index in [0.717, 1.165) is 5.39 Å². The smallest absolute Gasteiger partial charge is 0.336 e. The largest absolute Gasteiger partial charge is 0.478 e. The second-order valence-electron chi connectivity index (χ2n) is 6.35. The predicted octanol–water partition coefficient (Wildman–Crippen LogP) is 3.71. The summed E-state index contributed by atoms with van der Waals surface area (Å²) in [5.74, 6) is -1.01. The molecule has 3 aromatic rings. The number of carbonyl (C=O) groups excluding carboxylic acids is 2. The fourth-order valence-corrected chi connectivity index (χ4v) is 4.30. The molecule has 1 N–H and O–H groups in total. The fraction of sp³-hybridized carbons (Fsp3) is 0.143. The Morgan fingerprint density at radius 3 is 2.36 bits per heavy atom. The topological polar surface area (TPSA) is 87.6 Å². The van der Waals surface area contributed by atoms with Gasteiger partial charge < -0.3 is 5.11 Å². The summed E-state index contributed by atoms with van der Waals surface area (Å²) in [5.41, 5.74) is 1.28. The van der Waals surface area contributed by atoms with Gasteiger partial charge in [0.05, 0.1) is 5.56 Å². The van der Waals surface area contributed by atoms with E-state index >= 15 is 0 Å². The minimum Gasteiger partial charge on any atom is -0.478 e. The minimum atomic E-state index is -1.00. The summed E-state index contributed by atoms with van der Waals surface area (Å²) in [6.45, 7) is 0.276. The molecular weight excluding hydrogens is 376 g/mol. The highest BCUT2D eigenvalue weighted by Gasteiger charge is 2.32. The van der Waals surface area contributed by atoms with Crippen molar-refractivity contribution in [3.8, 4) is 0 Å². The second-order valence-corrected chi connectivity index (χ2v) is 7.49. The zero-order valence-electron chi connectivity index (χ0n) is 14.8. The van der Waals surface area contributed by atoms with Gasteiger partial charge in [-0.15, -0.1) is 11.8 Å². The molecule has 0 bridgehead atoms. The molecule has 2 amide bonds. The Bertz CT molecular complexity index is 1060. The van der Waals surface area contributed by atoms with E-state index in [9.17, 15) is 19.5 Å². The molecule has 1 aliphatic rings. The van der Waals surface area contributed by atoms with Crippen molar-refractivity contribution in [2.45, 2.75) is 11.3 Å². The normalized spacial score (nSPS) is 13.2. The fourth-order valence-electron chi connectivity index (χ4n) is 3.36. The van der Waals surface area contributed by atoms with Crippen LogP contribution in [0.5, 0.6) is 0 Å². The zero-order valence-corrected chi connectivity index (χ0v) is 15.6. The Morgan fingerprint density at radius 2 is 1.71 bits per heavy atom. The molecule has 0 fully saturated rings. The first-order valence-corrected chi connectivity index (χ1v) is 9.74. The van der Waals surface area contributed by atoms with Crippen LogP contribution < -0.4 is 0 Å². The number of nitrogens with zero attached hydrogens (tertiary/aromatic N) is 2. The third-order valence-corrected chi connectivity index (χ3v) is 5.78. The SMILES string of the molecule is O=C(O)c1ccncc1SCCCN1C(=O)c2cccc3cccc(c23)C1=O. The van der Waals surface area contributed by atoms with Crippen LogP contribution in [0.15, 0.2) is 59.8 Å². The lowest BCUT2D eigenvalue weighted by atomic mass is 9.94. The number of carboxylic acid groups (broad SMARTS) is 1. The van der Waals surface area contributed by atoms with E-state index < -0.39 is 5.97 Å². The number of hydrogen-bond donors (Lipinski definition) is 1. The van der Waals surface area contributed by atoms with Crippen LogP contribution in [-0.4, -0.2) is 45.1 Å². The summed E-state index contributed by atoms with van der Waals surface area (Å²) in [5, 5.41) is 10.8. The maximum Gasteiger partial charge on any atom is 0.336 e. The number of pyridine rings is 1. The molecule has 0 radical (unpaired) electrons. The van der Waals surface area contributed by atoms with Crippen molar-refractivity contribution < 1.29 is 19.5 Å². The van der Waals surface area contributed by atoms with Gasteiger partial charge in [-0.1, -0.05) is 24.3 Å². The molecule has 28 heavy (non-hydrogen) atoms. The average Bonchev–Trinajstić information content (AvgIpc) is 2.71. The molecule has 1 aliphatic heterocycles. The highest BCUT2D eigenvalue weighted by molar-refractivity contribution is 7.99. The lowest BCUT2D eigenvalue weighted by molar-refractivity contribution is 0.0609. The number of aromatic nitrogens is 1. The van der Waals surface area contributed by atoms with Crippen molar-refractivity contribution in [3.05, 3.63) is 71.5 Å². The minimum absolute atomic E-state index is 0.200. The summed E-state index contributed by atoms with van der Waals surface area (Å²) in [6, 6.07) is 12.4. The van der Waals surface area contributed by atoms with E-state index in [1.807, 2.05) is 24.3 Å². The van der Waals surface area contributed by atoms with Gasteiger partial charge in [-0.05, 0) is 35.8 Å². The summed E-state index contributed by atoms with van der Waals surface area (Å²) in [7, 11) is 0. The number of carbonyl (C=O) groups is 3. The number of imide groups is 1. The summed E-state index contributed by atoms with van der Waals surface area (Å²) in [4.78, 5) is 42.7. The van der Waals surface area contributed by atoms with Crippen molar-refractivity contribution in [1.82, 2.24) is 9.88 Å². The number of rotatable bonds is 6. The molecule has 1 aromatic heterocycles. The highest BCUT2D eigenvalue weighted by atomic mass is 32.2. The standard InChI is InChI=1S/C21H16N2O4S/c24-19-15-6-1-4-13-5-2-7-16(18(13)15)20(25)23(19)10-3-11-28-17-12-22-9-8-14(17)21(26)27/h1-2,4-9,12H,3,10-11H2,(H,26,27). The van der Waals surface area contributed by atoms with Gasteiger partial charge in [-0.25, -0.2) is 4.79 Å². The average molecular weight is 392 g/mol. The Morgan fingerprint density at radius 1 is 1.04 bits per heavy atom. The molecule has 0 aliphatic carbocycles. The molecule has 2 heterocycles. The van der Waals surface area contributed by atoms with Gasteiger partial charge in [-0.2, -0.15) is 0 Å². The first kappa shape index (κ1) is 18.2. The lowest BCUT2D eigenvalue weighted by Gasteiger charge is -2.27. The van der Waals surface area contributed by atoms with Gasteiger partial charge in [-0.3, -0.25) is 19.5 Å². The predicted molar refractivity (Wildman–Crippen MR) is 106 cm³/mol. The Kier molecular flexibility index (Phi) is 4.83. The van der Waals surface area contributed by atoms with Crippen LogP contribution in [-0.2, 0) is 0 Å².